The van der Waals surface area contributed by atoms with E-state index in [0.29, 0.717) is 23.5 Å². The van der Waals surface area contributed by atoms with Crippen molar-refractivity contribution in [1.29, 1.82) is 0 Å². The minimum Gasteiger partial charge on any atom is -0.497 e. The smallest absolute Gasteiger partial charge is 0.211 e. The van der Waals surface area contributed by atoms with Crippen LogP contribution in [0.2, 0.25) is 0 Å². The molecule has 0 unspecified atom stereocenters. The van der Waals surface area contributed by atoms with Crippen LogP contribution in [-0.2, 0) is 16.4 Å². The van der Waals surface area contributed by atoms with Crippen molar-refractivity contribution in [3.63, 3.8) is 0 Å². The second-order valence-electron chi connectivity index (χ2n) is 8.01. The highest BCUT2D eigenvalue weighted by Crippen LogP contribution is 2.29. The van der Waals surface area contributed by atoms with Crippen LogP contribution < -0.4 is 15.1 Å². The maximum atomic E-state index is 15.1. The molecule has 0 radical (unpaired) electrons. The van der Waals surface area contributed by atoms with Gasteiger partial charge < -0.3 is 14.2 Å². The number of methoxy groups -OCH3 is 1. The Morgan fingerprint density at radius 2 is 1.69 bits per heavy atom. The molecule has 0 saturated carbocycles. The number of fused-ring (bicyclic) bond motifs is 1. The van der Waals surface area contributed by atoms with Crippen LogP contribution in [0.15, 0.2) is 57.2 Å². The zero-order valence-corrected chi connectivity index (χ0v) is 19.1. The number of sulfone groups is 1. The van der Waals surface area contributed by atoms with Gasteiger partial charge in [-0.05, 0) is 56.2 Å². The van der Waals surface area contributed by atoms with E-state index in [1.807, 2.05) is 11.8 Å². The molecule has 1 saturated heterocycles. The molecule has 0 bridgehead atoms. The summed E-state index contributed by atoms with van der Waals surface area (Å²) in [5.74, 6) is 0.00897. The number of ether oxygens (including phenoxy) is 1. The highest BCUT2D eigenvalue weighted by molar-refractivity contribution is 7.91. The Labute approximate surface area is 187 Å². The minimum absolute atomic E-state index is 0.0148. The van der Waals surface area contributed by atoms with E-state index in [2.05, 4.69) is 0 Å². The van der Waals surface area contributed by atoms with E-state index in [-0.39, 0.29) is 15.2 Å². The molecule has 8 heteroatoms. The highest BCUT2D eigenvalue weighted by Gasteiger charge is 2.25. The summed E-state index contributed by atoms with van der Waals surface area (Å²) in [6, 6.07) is 8.73. The maximum Gasteiger partial charge on any atom is 0.211 e. The second-order valence-corrected chi connectivity index (χ2v) is 9.93. The number of rotatable bonds is 5. The van der Waals surface area contributed by atoms with Crippen molar-refractivity contribution < 1.29 is 17.5 Å². The molecule has 170 valence electrons. The zero-order chi connectivity index (χ0) is 22.9. The Kier molecular flexibility index (Phi) is 6.24. The fraction of sp³-hybridized carbons (Fsp3) is 0.375. The van der Waals surface area contributed by atoms with Gasteiger partial charge in [-0.1, -0.05) is 12.8 Å². The van der Waals surface area contributed by atoms with Gasteiger partial charge in [-0.2, -0.15) is 0 Å². The second kappa shape index (κ2) is 8.94. The molecule has 1 aromatic heterocycles. The number of aryl methyl sites for hydroxylation is 1. The Morgan fingerprint density at radius 1 is 1.03 bits per heavy atom. The molecule has 2 aromatic carbocycles. The average Bonchev–Trinajstić information content (AvgIpc) is 3.08. The van der Waals surface area contributed by atoms with Crippen LogP contribution in [-0.4, -0.2) is 33.2 Å². The normalized spacial score (nSPS) is 15.0. The van der Waals surface area contributed by atoms with Gasteiger partial charge >= 0.3 is 0 Å². The molecule has 32 heavy (non-hydrogen) atoms. The van der Waals surface area contributed by atoms with Crippen LogP contribution in [0, 0.1) is 5.82 Å². The number of anilines is 1. The fourth-order valence-corrected chi connectivity index (χ4v) is 5.63. The molecule has 4 rings (SSSR count). The number of benzene rings is 2. The molecular weight excluding hydrogens is 431 g/mol. The lowest BCUT2D eigenvalue weighted by Gasteiger charge is -2.24. The zero-order valence-electron chi connectivity index (χ0n) is 18.3. The summed E-state index contributed by atoms with van der Waals surface area (Å²) in [5, 5.41) is 0.0671. The summed E-state index contributed by atoms with van der Waals surface area (Å²) in [5.41, 5.74) is 0.306. The first-order chi connectivity index (χ1) is 15.4. The molecule has 1 aliphatic heterocycles. The lowest BCUT2D eigenvalue weighted by molar-refractivity contribution is 0.414. The van der Waals surface area contributed by atoms with E-state index < -0.39 is 21.1 Å². The van der Waals surface area contributed by atoms with Crippen LogP contribution >= 0.6 is 0 Å². The van der Waals surface area contributed by atoms with Crippen molar-refractivity contribution in [1.82, 2.24) is 4.57 Å². The quantitative estimate of drug-likeness (QED) is 0.568. The topological polar surface area (TPSA) is 68.6 Å². The average molecular weight is 459 g/mol. The predicted molar refractivity (Wildman–Crippen MR) is 123 cm³/mol. The van der Waals surface area contributed by atoms with Crippen LogP contribution in [0.4, 0.5) is 10.1 Å². The molecule has 0 amide bonds. The van der Waals surface area contributed by atoms with E-state index in [4.69, 9.17) is 4.74 Å². The third kappa shape index (κ3) is 3.99. The molecule has 3 aromatic rings. The minimum atomic E-state index is -4.09. The van der Waals surface area contributed by atoms with Crippen LogP contribution in [0.3, 0.4) is 0 Å². The monoisotopic (exact) mass is 458 g/mol. The number of nitrogens with zero attached hydrogens (tertiary/aromatic N) is 2. The number of hydrogen-bond donors (Lipinski definition) is 0. The summed E-state index contributed by atoms with van der Waals surface area (Å²) < 4.78 is 48.4. The third-order valence-electron chi connectivity index (χ3n) is 6.06. The van der Waals surface area contributed by atoms with Crippen molar-refractivity contribution in [2.24, 2.45) is 0 Å². The first kappa shape index (κ1) is 22.3. The van der Waals surface area contributed by atoms with E-state index >= 15 is 4.39 Å². The van der Waals surface area contributed by atoms with Crippen molar-refractivity contribution in [3.05, 3.63) is 58.6 Å². The van der Waals surface area contributed by atoms with E-state index in [1.165, 1.54) is 43.6 Å². The molecule has 6 nitrogen and oxygen atoms in total. The largest absolute Gasteiger partial charge is 0.497 e. The van der Waals surface area contributed by atoms with Crippen LogP contribution in [0.25, 0.3) is 10.9 Å². The number of halogens is 1. The van der Waals surface area contributed by atoms with Gasteiger partial charge in [0.15, 0.2) is 0 Å². The van der Waals surface area contributed by atoms with Crippen molar-refractivity contribution in [2.45, 2.75) is 48.9 Å². The Bertz CT molecular complexity index is 1290. The van der Waals surface area contributed by atoms with Crippen molar-refractivity contribution in [2.75, 3.05) is 25.1 Å². The molecule has 2 heterocycles. The number of hydrogen-bond acceptors (Lipinski definition) is 5. The van der Waals surface area contributed by atoms with Gasteiger partial charge in [-0.15, -0.1) is 0 Å². The van der Waals surface area contributed by atoms with E-state index in [1.54, 1.807) is 10.6 Å². The lowest BCUT2D eigenvalue weighted by Crippen LogP contribution is -2.26. The Hall–Kier alpha value is -2.87. The first-order valence-corrected chi connectivity index (χ1v) is 12.4. The Balaban J connectivity index is 1.88. The molecule has 0 spiro atoms. The van der Waals surface area contributed by atoms with Crippen LogP contribution in [0.1, 0.15) is 32.6 Å². The third-order valence-corrected chi connectivity index (χ3v) is 7.83. The highest BCUT2D eigenvalue weighted by atomic mass is 32.2. The van der Waals surface area contributed by atoms with Crippen LogP contribution in [0.5, 0.6) is 5.75 Å². The van der Waals surface area contributed by atoms with E-state index in [9.17, 15) is 13.2 Å². The molecule has 0 atom stereocenters. The van der Waals surface area contributed by atoms with Crippen molar-refractivity contribution in [3.8, 4) is 5.75 Å². The fourth-order valence-electron chi connectivity index (χ4n) is 4.26. The molecule has 1 fully saturated rings. The number of pyridine rings is 1. The summed E-state index contributed by atoms with van der Waals surface area (Å²) >= 11 is 0. The summed E-state index contributed by atoms with van der Waals surface area (Å²) in [7, 11) is -2.60. The van der Waals surface area contributed by atoms with Crippen molar-refractivity contribution >= 4 is 26.4 Å². The summed E-state index contributed by atoms with van der Waals surface area (Å²) in [4.78, 5) is 14.9. The summed E-state index contributed by atoms with van der Waals surface area (Å²) in [6.45, 7) is 3.83. The van der Waals surface area contributed by atoms with Gasteiger partial charge in [0, 0.05) is 25.8 Å². The Morgan fingerprint density at radius 3 is 2.28 bits per heavy atom. The number of aromatic nitrogens is 1. The molecular formula is C24H27FN2O4S. The van der Waals surface area contributed by atoms with E-state index in [0.717, 1.165) is 38.8 Å². The standard InChI is InChI=1S/C24H27FN2O4S/c1-3-26-16-23(32(29,30)18-10-8-17(31-2)9-11-18)24(28)19-14-20(25)22(15-21(19)26)27-12-6-4-5-7-13-27/h8-11,14-16H,3-7,12-13H2,1-2H3. The summed E-state index contributed by atoms with van der Waals surface area (Å²) in [6.07, 6.45) is 5.61. The lowest BCUT2D eigenvalue weighted by atomic mass is 10.1. The van der Waals surface area contributed by atoms with Gasteiger partial charge in [-0.3, -0.25) is 4.79 Å². The molecule has 0 aliphatic carbocycles. The maximum absolute atomic E-state index is 15.1. The van der Waals surface area contributed by atoms with Gasteiger partial charge in [0.05, 0.1) is 28.6 Å². The molecule has 1 aliphatic rings. The molecule has 0 N–H and O–H groups in total. The predicted octanol–water partition coefficient (Wildman–Crippen LogP) is 4.38. The van der Waals surface area contributed by atoms with Gasteiger partial charge in [0.2, 0.25) is 15.3 Å². The van der Waals surface area contributed by atoms with Gasteiger partial charge in [-0.25, -0.2) is 12.8 Å². The SMILES string of the molecule is CCn1cc(S(=O)(=O)c2ccc(OC)cc2)c(=O)c2cc(F)c(N3CCCCCC3)cc21. The van der Waals surface area contributed by atoms with Gasteiger partial charge in [0.1, 0.15) is 16.5 Å². The van der Waals surface area contributed by atoms with Gasteiger partial charge in [0.25, 0.3) is 0 Å². The first-order valence-electron chi connectivity index (χ1n) is 10.9.